The fourth-order valence-corrected chi connectivity index (χ4v) is 2.86. The van der Waals surface area contributed by atoms with E-state index in [0.29, 0.717) is 16.7 Å². The van der Waals surface area contributed by atoms with Crippen LogP contribution in [0.25, 0.3) is 21.8 Å². The van der Waals surface area contributed by atoms with Crippen molar-refractivity contribution in [1.82, 2.24) is 10.1 Å². The highest BCUT2D eigenvalue weighted by Gasteiger charge is 2.11. The predicted octanol–water partition coefficient (Wildman–Crippen LogP) is 4.60. The molecule has 0 aliphatic heterocycles. The highest BCUT2D eigenvalue weighted by atomic mass is 35.5. The second kappa shape index (κ2) is 5.06. The summed E-state index contributed by atoms with van der Waals surface area (Å²) in [7, 11) is 0. The fraction of sp³-hybridized carbons (Fsp3) is 0. The van der Waals surface area contributed by atoms with Crippen LogP contribution in [0.1, 0.15) is 11.5 Å². The number of nitrogens with zero attached hydrogens (tertiary/aromatic N) is 2. The molecule has 6 heteroatoms. The Kier molecular flexibility index (Phi) is 3.27. The zero-order valence-electron chi connectivity index (χ0n) is 9.04. The van der Waals surface area contributed by atoms with E-state index in [1.165, 1.54) is 0 Å². The Hall–Kier alpha value is -1.43. The van der Waals surface area contributed by atoms with E-state index in [1.54, 1.807) is 22.7 Å². The maximum atomic E-state index is 6.15. The van der Waals surface area contributed by atoms with Crippen LogP contribution in [-0.2, 0) is 0 Å². The van der Waals surface area contributed by atoms with E-state index in [-0.39, 0.29) is 0 Å². The predicted molar refractivity (Wildman–Crippen MR) is 75.7 cm³/mol. The molecule has 0 aromatic carbocycles. The van der Waals surface area contributed by atoms with Crippen molar-refractivity contribution in [3.05, 3.63) is 45.8 Å². The second-order valence-electron chi connectivity index (χ2n) is 3.45. The van der Waals surface area contributed by atoms with Crippen molar-refractivity contribution in [3.8, 4) is 10.7 Å². The molecular weight excluding hydrogens is 288 g/mol. The van der Waals surface area contributed by atoms with Crippen molar-refractivity contribution in [1.29, 1.82) is 0 Å². The SMILES string of the molecule is Cl/C(=C\c1ccsc1)c1nc(-c2cccs2)no1. The normalized spacial score (nSPS) is 11.9. The van der Waals surface area contributed by atoms with Crippen molar-refractivity contribution in [2.24, 2.45) is 0 Å². The van der Waals surface area contributed by atoms with Crippen molar-refractivity contribution in [2.75, 3.05) is 0 Å². The van der Waals surface area contributed by atoms with Gasteiger partial charge in [0.2, 0.25) is 5.82 Å². The summed E-state index contributed by atoms with van der Waals surface area (Å²) in [6, 6.07) is 5.86. The van der Waals surface area contributed by atoms with Gasteiger partial charge in [-0.15, -0.1) is 11.3 Å². The molecule has 0 aliphatic rings. The minimum atomic E-state index is 0.339. The van der Waals surface area contributed by atoms with Crippen LogP contribution < -0.4 is 0 Å². The molecule has 90 valence electrons. The highest BCUT2D eigenvalue weighted by Crippen LogP contribution is 2.26. The molecule has 0 N–H and O–H groups in total. The number of thiophene rings is 2. The lowest BCUT2D eigenvalue weighted by molar-refractivity contribution is 0.410. The van der Waals surface area contributed by atoms with Gasteiger partial charge in [-0.1, -0.05) is 22.8 Å². The van der Waals surface area contributed by atoms with Crippen LogP contribution in [0, 0.1) is 0 Å². The summed E-state index contributed by atoms with van der Waals surface area (Å²) in [5.41, 5.74) is 1.03. The van der Waals surface area contributed by atoms with E-state index in [9.17, 15) is 0 Å². The molecule has 3 heterocycles. The van der Waals surface area contributed by atoms with Crippen LogP contribution in [0.2, 0.25) is 0 Å². The third-order valence-corrected chi connectivity index (χ3v) is 4.05. The molecule has 0 saturated carbocycles. The summed E-state index contributed by atoms with van der Waals surface area (Å²) in [6.45, 7) is 0. The van der Waals surface area contributed by atoms with Crippen molar-refractivity contribution in [2.45, 2.75) is 0 Å². The number of hydrogen-bond acceptors (Lipinski definition) is 5. The Labute approximate surface area is 116 Å². The molecule has 0 amide bonds. The molecule has 3 aromatic rings. The molecule has 3 nitrogen and oxygen atoms in total. The third-order valence-electron chi connectivity index (χ3n) is 2.21. The minimum absolute atomic E-state index is 0.339. The molecule has 0 radical (unpaired) electrons. The summed E-state index contributed by atoms with van der Waals surface area (Å²) < 4.78 is 5.15. The summed E-state index contributed by atoms with van der Waals surface area (Å²) in [5.74, 6) is 0.906. The molecule has 3 rings (SSSR count). The first-order chi connectivity index (χ1) is 8.83. The first kappa shape index (κ1) is 11.6. The topological polar surface area (TPSA) is 38.9 Å². The quantitative estimate of drug-likeness (QED) is 0.709. The van der Waals surface area contributed by atoms with Gasteiger partial charge in [0.15, 0.2) is 0 Å². The van der Waals surface area contributed by atoms with Gasteiger partial charge in [0, 0.05) is 0 Å². The highest BCUT2D eigenvalue weighted by molar-refractivity contribution is 7.13. The van der Waals surface area contributed by atoms with Gasteiger partial charge in [0.25, 0.3) is 5.89 Å². The fourth-order valence-electron chi connectivity index (χ4n) is 1.39. The molecule has 0 saturated heterocycles. The van der Waals surface area contributed by atoms with Gasteiger partial charge in [-0.05, 0) is 39.9 Å². The van der Waals surface area contributed by atoms with Crippen molar-refractivity contribution < 1.29 is 4.52 Å². The molecule has 0 aliphatic carbocycles. The number of halogens is 1. The Morgan fingerprint density at radius 3 is 3.00 bits per heavy atom. The van der Waals surface area contributed by atoms with Gasteiger partial charge in [0.05, 0.1) is 4.88 Å². The number of rotatable bonds is 3. The average Bonchev–Trinajstić information content (AvgIpc) is 3.11. The van der Waals surface area contributed by atoms with Crippen molar-refractivity contribution in [3.63, 3.8) is 0 Å². The maximum absolute atomic E-state index is 6.15. The monoisotopic (exact) mass is 294 g/mol. The lowest BCUT2D eigenvalue weighted by Gasteiger charge is -1.88. The second-order valence-corrected chi connectivity index (χ2v) is 5.58. The zero-order chi connectivity index (χ0) is 12.4. The summed E-state index contributed by atoms with van der Waals surface area (Å²) in [5, 5.41) is 10.3. The molecule has 0 bridgehead atoms. The lowest BCUT2D eigenvalue weighted by atomic mass is 10.3. The smallest absolute Gasteiger partial charge is 0.269 e. The minimum Gasteiger partial charge on any atom is -0.333 e. The maximum Gasteiger partial charge on any atom is 0.269 e. The van der Waals surface area contributed by atoms with Crippen LogP contribution >= 0.6 is 34.3 Å². The van der Waals surface area contributed by atoms with Gasteiger partial charge in [-0.25, -0.2) is 0 Å². The Balaban J connectivity index is 1.90. The van der Waals surface area contributed by atoms with Gasteiger partial charge < -0.3 is 4.52 Å². The van der Waals surface area contributed by atoms with E-state index in [1.807, 2.05) is 40.4 Å². The summed E-state index contributed by atoms with van der Waals surface area (Å²) in [4.78, 5) is 5.23. The van der Waals surface area contributed by atoms with E-state index in [2.05, 4.69) is 10.1 Å². The van der Waals surface area contributed by atoms with Crippen LogP contribution in [0.3, 0.4) is 0 Å². The molecule has 0 fully saturated rings. The van der Waals surface area contributed by atoms with E-state index < -0.39 is 0 Å². The van der Waals surface area contributed by atoms with E-state index >= 15 is 0 Å². The van der Waals surface area contributed by atoms with E-state index in [0.717, 1.165) is 10.4 Å². The van der Waals surface area contributed by atoms with Gasteiger partial charge in [-0.2, -0.15) is 16.3 Å². The standard InChI is InChI=1S/C12H7ClN2OS2/c13-9(6-8-3-5-17-7-8)12-14-11(15-16-12)10-2-1-4-18-10/h1-7H/b9-6-. The van der Waals surface area contributed by atoms with Gasteiger partial charge in [0.1, 0.15) is 5.03 Å². The van der Waals surface area contributed by atoms with Gasteiger partial charge >= 0.3 is 0 Å². The van der Waals surface area contributed by atoms with Crippen LogP contribution in [0.4, 0.5) is 0 Å². The molecule has 0 unspecified atom stereocenters. The van der Waals surface area contributed by atoms with E-state index in [4.69, 9.17) is 16.1 Å². The molecule has 0 atom stereocenters. The third kappa shape index (κ3) is 2.38. The van der Waals surface area contributed by atoms with Crippen LogP contribution in [-0.4, -0.2) is 10.1 Å². The largest absolute Gasteiger partial charge is 0.333 e. The Bertz CT molecular complexity index is 656. The first-order valence-electron chi connectivity index (χ1n) is 5.10. The molecule has 0 spiro atoms. The zero-order valence-corrected chi connectivity index (χ0v) is 11.4. The average molecular weight is 295 g/mol. The summed E-state index contributed by atoms with van der Waals surface area (Å²) in [6.07, 6.45) is 1.81. The molecule has 18 heavy (non-hydrogen) atoms. The van der Waals surface area contributed by atoms with Crippen molar-refractivity contribution >= 4 is 45.4 Å². The number of hydrogen-bond donors (Lipinski definition) is 0. The lowest BCUT2D eigenvalue weighted by Crippen LogP contribution is -1.78. The van der Waals surface area contributed by atoms with Crippen LogP contribution in [0.5, 0.6) is 0 Å². The van der Waals surface area contributed by atoms with Gasteiger partial charge in [-0.3, -0.25) is 0 Å². The Morgan fingerprint density at radius 2 is 2.28 bits per heavy atom. The Morgan fingerprint density at radius 1 is 1.33 bits per heavy atom. The number of aromatic nitrogens is 2. The van der Waals surface area contributed by atoms with Crippen LogP contribution in [0.15, 0.2) is 38.9 Å². The molecule has 3 aromatic heterocycles. The summed E-state index contributed by atoms with van der Waals surface area (Å²) >= 11 is 9.32. The molecular formula is C12H7ClN2OS2. The first-order valence-corrected chi connectivity index (χ1v) is 7.30.